The summed E-state index contributed by atoms with van der Waals surface area (Å²) in [5.41, 5.74) is 0.653. The average molecular weight is 260 g/mol. The van der Waals surface area contributed by atoms with Crippen molar-refractivity contribution in [2.75, 3.05) is 0 Å². The van der Waals surface area contributed by atoms with Gasteiger partial charge in [0, 0.05) is 18.4 Å². The van der Waals surface area contributed by atoms with Gasteiger partial charge in [-0.05, 0) is 56.9 Å². The van der Waals surface area contributed by atoms with Gasteiger partial charge in [-0.25, -0.2) is 0 Å². The summed E-state index contributed by atoms with van der Waals surface area (Å²) in [5.74, 6) is 0.896. The summed E-state index contributed by atoms with van der Waals surface area (Å²) in [7, 11) is 0. The number of Topliss-reactive ketones (excluding diaryl/α,β-unsaturated/α-hetero) is 2. The van der Waals surface area contributed by atoms with Gasteiger partial charge in [0.2, 0.25) is 0 Å². The smallest absolute Gasteiger partial charge is 0.163 e. The number of rotatable bonds is 6. The number of ether oxygens (including phenoxy) is 1. The Balaban J connectivity index is 1.89. The van der Waals surface area contributed by atoms with Crippen LogP contribution in [0.1, 0.15) is 55.8 Å². The van der Waals surface area contributed by atoms with E-state index in [4.69, 9.17) is 4.74 Å². The van der Waals surface area contributed by atoms with Crippen LogP contribution in [0.25, 0.3) is 0 Å². The van der Waals surface area contributed by atoms with E-state index in [0.29, 0.717) is 18.1 Å². The molecule has 3 nitrogen and oxygen atoms in total. The van der Waals surface area contributed by atoms with Crippen LogP contribution in [0, 0.1) is 0 Å². The second-order valence-electron chi connectivity index (χ2n) is 5.17. The van der Waals surface area contributed by atoms with Crippen molar-refractivity contribution >= 4 is 11.6 Å². The van der Waals surface area contributed by atoms with Gasteiger partial charge in [0.1, 0.15) is 11.5 Å². The molecule has 0 spiro atoms. The van der Waals surface area contributed by atoms with E-state index in [-0.39, 0.29) is 18.0 Å². The highest BCUT2D eigenvalue weighted by Crippen LogP contribution is 2.24. The van der Waals surface area contributed by atoms with Gasteiger partial charge in [-0.2, -0.15) is 0 Å². The van der Waals surface area contributed by atoms with Crippen molar-refractivity contribution in [1.82, 2.24) is 0 Å². The van der Waals surface area contributed by atoms with Gasteiger partial charge in [0.05, 0.1) is 6.10 Å². The third-order valence-electron chi connectivity index (χ3n) is 3.49. The zero-order valence-corrected chi connectivity index (χ0v) is 11.4. The molecule has 0 aromatic heterocycles. The Labute approximate surface area is 114 Å². The maximum atomic E-state index is 11.8. The highest BCUT2D eigenvalue weighted by atomic mass is 16.5. The summed E-state index contributed by atoms with van der Waals surface area (Å²) in [6.45, 7) is 1.51. The maximum Gasteiger partial charge on any atom is 0.163 e. The van der Waals surface area contributed by atoms with Gasteiger partial charge in [-0.15, -0.1) is 0 Å². The van der Waals surface area contributed by atoms with E-state index in [2.05, 4.69) is 0 Å². The molecule has 0 unspecified atom stereocenters. The van der Waals surface area contributed by atoms with Crippen molar-refractivity contribution in [2.24, 2.45) is 0 Å². The van der Waals surface area contributed by atoms with Gasteiger partial charge in [-0.1, -0.05) is 0 Å². The largest absolute Gasteiger partial charge is 0.490 e. The molecular formula is C16H20O3. The fourth-order valence-electron chi connectivity index (χ4n) is 2.35. The van der Waals surface area contributed by atoms with Crippen molar-refractivity contribution in [3.63, 3.8) is 0 Å². The molecule has 2 rings (SSSR count). The molecule has 0 N–H and O–H groups in total. The molecule has 102 valence electrons. The van der Waals surface area contributed by atoms with E-state index < -0.39 is 0 Å². The van der Waals surface area contributed by atoms with Crippen molar-refractivity contribution in [1.29, 1.82) is 0 Å². The predicted molar refractivity (Wildman–Crippen MR) is 73.6 cm³/mol. The molecule has 19 heavy (non-hydrogen) atoms. The first-order valence-corrected chi connectivity index (χ1v) is 6.94. The van der Waals surface area contributed by atoms with E-state index in [1.54, 1.807) is 12.1 Å². The van der Waals surface area contributed by atoms with Crippen LogP contribution in [0.4, 0.5) is 0 Å². The Bertz CT molecular complexity index is 442. The van der Waals surface area contributed by atoms with Crippen LogP contribution in [-0.4, -0.2) is 17.7 Å². The summed E-state index contributed by atoms with van der Waals surface area (Å²) < 4.78 is 5.84. The number of ketones is 2. The third-order valence-corrected chi connectivity index (χ3v) is 3.49. The molecular weight excluding hydrogens is 240 g/mol. The van der Waals surface area contributed by atoms with E-state index in [0.717, 1.165) is 18.6 Å². The molecule has 1 aliphatic rings. The Hall–Kier alpha value is -1.64. The zero-order chi connectivity index (χ0) is 13.7. The summed E-state index contributed by atoms with van der Waals surface area (Å²) in [6.07, 6.45) is 5.67. The summed E-state index contributed by atoms with van der Waals surface area (Å²) in [5, 5.41) is 0. The fourth-order valence-corrected chi connectivity index (χ4v) is 2.35. The molecule has 1 aromatic carbocycles. The molecule has 0 radical (unpaired) electrons. The Morgan fingerprint density at radius 1 is 1.11 bits per heavy atom. The first kappa shape index (κ1) is 13.8. The Kier molecular flexibility index (Phi) is 4.72. The first-order chi connectivity index (χ1) is 9.15. The lowest BCUT2D eigenvalue weighted by atomic mass is 10.1. The minimum absolute atomic E-state index is 0.0163. The number of carbonyl (C=O) groups excluding carboxylic acids is 2. The van der Waals surface area contributed by atoms with Crippen LogP contribution >= 0.6 is 0 Å². The minimum atomic E-state index is 0.0163. The molecule has 1 fully saturated rings. The molecule has 0 amide bonds. The van der Waals surface area contributed by atoms with Gasteiger partial charge < -0.3 is 9.53 Å². The van der Waals surface area contributed by atoms with Crippen LogP contribution in [0.15, 0.2) is 24.3 Å². The topological polar surface area (TPSA) is 43.4 Å². The molecule has 0 heterocycles. The SMILES string of the molecule is CC(=O)CCC(=O)c1ccc(OC2CCCC2)cc1. The molecule has 0 bridgehead atoms. The van der Waals surface area contributed by atoms with Crippen LogP contribution < -0.4 is 4.74 Å². The fraction of sp³-hybridized carbons (Fsp3) is 0.500. The second kappa shape index (κ2) is 6.50. The zero-order valence-electron chi connectivity index (χ0n) is 11.4. The molecule has 0 atom stereocenters. The highest BCUT2D eigenvalue weighted by molar-refractivity contribution is 5.98. The quantitative estimate of drug-likeness (QED) is 0.734. The lowest BCUT2D eigenvalue weighted by molar-refractivity contribution is -0.116. The van der Waals surface area contributed by atoms with Gasteiger partial charge in [0.25, 0.3) is 0 Å². The van der Waals surface area contributed by atoms with E-state index in [1.165, 1.54) is 19.8 Å². The van der Waals surface area contributed by atoms with E-state index >= 15 is 0 Å². The van der Waals surface area contributed by atoms with Gasteiger partial charge in [-0.3, -0.25) is 4.79 Å². The van der Waals surface area contributed by atoms with Crippen molar-refractivity contribution in [3.05, 3.63) is 29.8 Å². The number of carbonyl (C=O) groups is 2. The second-order valence-corrected chi connectivity index (χ2v) is 5.17. The minimum Gasteiger partial charge on any atom is -0.490 e. The lowest BCUT2D eigenvalue weighted by Gasteiger charge is -2.13. The van der Waals surface area contributed by atoms with Crippen LogP contribution in [0.5, 0.6) is 5.75 Å². The highest BCUT2D eigenvalue weighted by Gasteiger charge is 2.16. The number of benzene rings is 1. The molecule has 1 saturated carbocycles. The summed E-state index contributed by atoms with van der Waals surface area (Å²) in [6, 6.07) is 7.26. The number of hydrogen-bond donors (Lipinski definition) is 0. The lowest BCUT2D eigenvalue weighted by Crippen LogP contribution is -2.11. The summed E-state index contributed by atoms with van der Waals surface area (Å²) >= 11 is 0. The van der Waals surface area contributed by atoms with Crippen LogP contribution in [-0.2, 0) is 4.79 Å². The Morgan fingerprint density at radius 2 is 1.74 bits per heavy atom. The normalized spacial score (nSPS) is 15.4. The van der Waals surface area contributed by atoms with Gasteiger partial charge in [0.15, 0.2) is 5.78 Å². The standard InChI is InChI=1S/C16H20O3/c1-12(17)6-11-16(18)13-7-9-15(10-8-13)19-14-4-2-3-5-14/h7-10,14H,2-6,11H2,1H3. The number of hydrogen-bond acceptors (Lipinski definition) is 3. The summed E-state index contributed by atoms with van der Waals surface area (Å²) in [4.78, 5) is 22.7. The average Bonchev–Trinajstić information content (AvgIpc) is 2.89. The van der Waals surface area contributed by atoms with Crippen LogP contribution in [0.2, 0.25) is 0 Å². The van der Waals surface area contributed by atoms with Crippen molar-refractivity contribution in [2.45, 2.75) is 51.6 Å². The monoisotopic (exact) mass is 260 g/mol. The molecule has 0 aliphatic heterocycles. The van der Waals surface area contributed by atoms with E-state index in [9.17, 15) is 9.59 Å². The van der Waals surface area contributed by atoms with E-state index in [1.807, 2.05) is 12.1 Å². The molecule has 0 saturated heterocycles. The molecule has 1 aliphatic carbocycles. The van der Waals surface area contributed by atoms with Crippen molar-refractivity contribution < 1.29 is 14.3 Å². The molecule has 1 aromatic rings. The first-order valence-electron chi connectivity index (χ1n) is 6.94. The Morgan fingerprint density at radius 3 is 2.32 bits per heavy atom. The van der Waals surface area contributed by atoms with Crippen molar-refractivity contribution in [3.8, 4) is 5.75 Å². The predicted octanol–water partition coefficient (Wildman–Crippen LogP) is 3.56. The van der Waals surface area contributed by atoms with Crippen LogP contribution in [0.3, 0.4) is 0 Å². The van der Waals surface area contributed by atoms with Gasteiger partial charge >= 0.3 is 0 Å². The molecule has 3 heteroatoms. The third kappa shape index (κ3) is 4.19. The maximum absolute atomic E-state index is 11.8.